The summed E-state index contributed by atoms with van der Waals surface area (Å²) in [7, 11) is 0. The highest BCUT2D eigenvalue weighted by atomic mass is 32.2. The molecule has 2 heterocycles. The maximum absolute atomic E-state index is 8.67. The second kappa shape index (κ2) is 4.99. The topological polar surface area (TPSA) is 61.6 Å². The average molecular weight is 220 g/mol. The predicted molar refractivity (Wildman–Crippen MR) is 60.7 cm³/mol. The van der Waals surface area contributed by atoms with Gasteiger partial charge in [-0.25, -0.2) is 9.97 Å². The van der Waals surface area contributed by atoms with Crippen LogP contribution in [-0.4, -0.2) is 27.5 Å². The molecule has 0 aliphatic carbocycles. The van der Waals surface area contributed by atoms with Crippen molar-refractivity contribution in [3.05, 3.63) is 18.0 Å². The number of nitrogens with zero attached hydrogens (tertiary/aromatic N) is 3. The van der Waals surface area contributed by atoms with E-state index in [0.29, 0.717) is 16.9 Å². The van der Waals surface area contributed by atoms with Crippen LogP contribution in [0.4, 0.5) is 5.95 Å². The molecular weight excluding hydrogens is 208 g/mol. The summed E-state index contributed by atoms with van der Waals surface area (Å²) in [5.74, 6) is 1.81. The van der Waals surface area contributed by atoms with Gasteiger partial charge in [-0.3, -0.25) is 0 Å². The van der Waals surface area contributed by atoms with Crippen molar-refractivity contribution in [3.63, 3.8) is 0 Å². The number of hydrogen-bond donors (Lipinski definition) is 1. The first-order valence-corrected chi connectivity index (χ1v) is 6.02. The minimum atomic E-state index is 0.409. The van der Waals surface area contributed by atoms with Gasteiger partial charge in [-0.05, 0) is 24.7 Å². The van der Waals surface area contributed by atoms with Crippen LogP contribution in [0.15, 0.2) is 12.3 Å². The van der Waals surface area contributed by atoms with Crippen molar-refractivity contribution in [2.75, 3.05) is 17.6 Å². The Balaban J connectivity index is 1.90. The van der Waals surface area contributed by atoms with Gasteiger partial charge in [0, 0.05) is 18.0 Å². The zero-order valence-corrected chi connectivity index (χ0v) is 9.13. The molecule has 1 aliphatic rings. The fraction of sp³-hybridized carbons (Fsp3) is 0.500. The monoisotopic (exact) mass is 220 g/mol. The van der Waals surface area contributed by atoms with Crippen LogP contribution in [0.2, 0.25) is 0 Å². The fourth-order valence-electron chi connectivity index (χ4n) is 1.52. The van der Waals surface area contributed by atoms with E-state index in [1.807, 2.05) is 17.8 Å². The number of hydrogen-bond acceptors (Lipinski definition) is 5. The highest BCUT2D eigenvalue weighted by Gasteiger charge is 2.15. The summed E-state index contributed by atoms with van der Waals surface area (Å²) >= 11 is 1.99. The average Bonchev–Trinajstić information content (AvgIpc) is 2.79. The van der Waals surface area contributed by atoms with Crippen molar-refractivity contribution in [2.24, 2.45) is 0 Å². The second-order valence-corrected chi connectivity index (χ2v) is 4.80. The van der Waals surface area contributed by atoms with E-state index in [0.717, 1.165) is 6.54 Å². The van der Waals surface area contributed by atoms with E-state index in [9.17, 15) is 0 Å². The summed E-state index contributed by atoms with van der Waals surface area (Å²) in [6.45, 7) is 0.888. The Hall–Kier alpha value is -1.28. The highest BCUT2D eigenvalue weighted by molar-refractivity contribution is 8.00. The smallest absolute Gasteiger partial charge is 0.223 e. The van der Waals surface area contributed by atoms with Gasteiger partial charge in [-0.1, -0.05) is 0 Å². The molecule has 0 spiro atoms. The molecule has 4 nitrogen and oxygen atoms in total. The van der Waals surface area contributed by atoms with E-state index in [4.69, 9.17) is 5.26 Å². The number of nitrogens with one attached hydrogen (secondary N) is 1. The van der Waals surface area contributed by atoms with Crippen molar-refractivity contribution in [2.45, 2.75) is 18.1 Å². The third-order valence-electron chi connectivity index (χ3n) is 2.28. The van der Waals surface area contributed by atoms with Gasteiger partial charge in [0.1, 0.15) is 11.8 Å². The van der Waals surface area contributed by atoms with Gasteiger partial charge in [0.2, 0.25) is 5.95 Å². The molecule has 15 heavy (non-hydrogen) atoms. The van der Waals surface area contributed by atoms with Crippen LogP contribution in [0, 0.1) is 11.3 Å². The van der Waals surface area contributed by atoms with E-state index in [1.165, 1.54) is 18.6 Å². The van der Waals surface area contributed by atoms with Crippen molar-refractivity contribution < 1.29 is 0 Å². The summed E-state index contributed by atoms with van der Waals surface area (Å²) in [6, 6.07) is 3.61. The van der Waals surface area contributed by atoms with Gasteiger partial charge in [-0.2, -0.15) is 17.0 Å². The van der Waals surface area contributed by atoms with Crippen LogP contribution in [0.5, 0.6) is 0 Å². The quantitative estimate of drug-likeness (QED) is 0.839. The van der Waals surface area contributed by atoms with E-state index < -0.39 is 0 Å². The van der Waals surface area contributed by atoms with Crippen LogP contribution in [0.3, 0.4) is 0 Å². The lowest BCUT2D eigenvalue weighted by molar-refractivity contribution is 0.800. The van der Waals surface area contributed by atoms with Crippen LogP contribution < -0.4 is 5.32 Å². The van der Waals surface area contributed by atoms with E-state index >= 15 is 0 Å². The molecule has 1 fully saturated rings. The first-order chi connectivity index (χ1) is 7.38. The Kier molecular flexibility index (Phi) is 3.41. The molecule has 1 unspecified atom stereocenters. The molecule has 1 atom stereocenters. The zero-order valence-electron chi connectivity index (χ0n) is 8.31. The molecule has 0 aromatic carbocycles. The van der Waals surface area contributed by atoms with Crippen molar-refractivity contribution >= 4 is 17.7 Å². The molecule has 2 rings (SSSR count). The molecule has 0 saturated carbocycles. The summed E-state index contributed by atoms with van der Waals surface area (Å²) in [6.07, 6.45) is 4.17. The normalized spacial score (nSPS) is 19.8. The number of thioether (sulfide) groups is 1. The molecule has 1 N–H and O–H groups in total. The van der Waals surface area contributed by atoms with Gasteiger partial charge in [0.15, 0.2) is 0 Å². The number of nitriles is 1. The molecule has 0 amide bonds. The number of anilines is 1. The summed E-state index contributed by atoms with van der Waals surface area (Å²) in [4.78, 5) is 8.13. The Morgan fingerprint density at radius 1 is 1.67 bits per heavy atom. The molecule has 1 saturated heterocycles. The van der Waals surface area contributed by atoms with Crippen LogP contribution >= 0.6 is 11.8 Å². The Bertz CT molecular complexity index is 368. The van der Waals surface area contributed by atoms with E-state index in [-0.39, 0.29) is 0 Å². The lowest BCUT2D eigenvalue weighted by Crippen LogP contribution is -2.15. The fourth-order valence-corrected chi connectivity index (χ4v) is 2.72. The van der Waals surface area contributed by atoms with Gasteiger partial charge < -0.3 is 5.32 Å². The SMILES string of the molecule is N#Cc1ccnc(NCC2CCCS2)n1. The van der Waals surface area contributed by atoms with E-state index in [2.05, 4.69) is 15.3 Å². The minimum Gasteiger partial charge on any atom is -0.353 e. The van der Waals surface area contributed by atoms with Crippen molar-refractivity contribution in [3.8, 4) is 6.07 Å². The minimum absolute atomic E-state index is 0.409. The third-order valence-corrected chi connectivity index (χ3v) is 3.68. The molecule has 5 heteroatoms. The first kappa shape index (κ1) is 10.2. The zero-order chi connectivity index (χ0) is 10.5. The molecular formula is C10H12N4S. The van der Waals surface area contributed by atoms with E-state index in [1.54, 1.807) is 12.3 Å². The standard InChI is InChI=1S/C10H12N4S/c11-6-8-3-4-12-10(14-8)13-7-9-2-1-5-15-9/h3-4,9H,1-2,5,7H2,(H,12,13,14). The van der Waals surface area contributed by atoms with Crippen LogP contribution in [0.25, 0.3) is 0 Å². The lowest BCUT2D eigenvalue weighted by Gasteiger charge is -2.09. The first-order valence-electron chi connectivity index (χ1n) is 4.97. The maximum Gasteiger partial charge on any atom is 0.223 e. The van der Waals surface area contributed by atoms with Crippen LogP contribution in [-0.2, 0) is 0 Å². The number of rotatable bonds is 3. The van der Waals surface area contributed by atoms with Gasteiger partial charge in [0.25, 0.3) is 0 Å². The Morgan fingerprint density at radius 3 is 3.33 bits per heavy atom. The van der Waals surface area contributed by atoms with Crippen molar-refractivity contribution in [1.29, 1.82) is 5.26 Å². The van der Waals surface area contributed by atoms with Gasteiger partial charge >= 0.3 is 0 Å². The summed E-state index contributed by atoms with van der Waals surface area (Å²) in [5, 5.41) is 12.5. The molecule has 1 aromatic heterocycles. The van der Waals surface area contributed by atoms with Crippen molar-refractivity contribution in [1.82, 2.24) is 9.97 Å². The molecule has 0 radical (unpaired) electrons. The molecule has 0 bridgehead atoms. The summed E-state index contributed by atoms with van der Waals surface area (Å²) in [5.41, 5.74) is 0.409. The van der Waals surface area contributed by atoms with Crippen LogP contribution in [0.1, 0.15) is 18.5 Å². The predicted octanol–water partition coefficient (Wildman–Crippen LogP) is 1.66. The Morgan fingerprint density at radius 2 is 2.60 bits per heavy atom. The largest absolute Gasteiger partial charge is 0.353 e. The van der Waals surface area contributed by atoms with Gasteiger partial charge in [-0.15, -0.1) is 0 Å². The maximum atomic E-state index is 8.67. The van der Waals surface area contributed by atoms with Gasteiger partial charge in [0.05, 0.1) is 0 Å². The highest BCUT2D eigenvalue weighted by Crippen LogP contribution is 2.25. The molecule has 1 aliphatic heterocycles. The summed E-state index contributed by atoms with van der Waals surface area (Å²) < 4.78 is 0. The number of aromatic nitrogens is 2. The molecule has 1 aromatic rings. The lowest BCUT2D eigenvalue weighted by atomic mass is 10.2. The third kappa shape index (κ3) is 2.83. The second-order valence-electron chi connectivity index (χ2n) is 3.39. The Labute approximate surface area is 93.1 Å². The molecule has 78 valence electrons.